The van der Waals surface area contributed by atoms with Crippen LogP contribution in [0, 0.1) is 5.41 Å². The Morgan fingerprint density at radius 1 is 1.12 bits per heavy atom. The largest absolute Gasteiger partial charge is 0.311 e. The summed E-state index contributed by atoms with van der Waals surface area (Å²) in [4.78, 5) is 2.45. The van der Waals surface area contributed by atoms with E-state index in [0.29, 0.717) is 0 Å². The quantitative estimate of drug-likeness (QED) is 0.831. The minimum Gasteiger partial charge on any atom is -0.311 e. The SMILES string of the molecule is CC(C)(CNC(C)(C)C)CN1CCS(=O)CC1. The first-order valence-corrected chi connectivity index (χ1v) is 7.99. The fourth-order valence-corrected chi connectivity index (χ4v) is 3.13. The van der Waals surface area contributed by atoms with Gasteiger partial charge in [0.1, 0.15) is 0 Å². The Bertz CT molecular complexity index is 261. The maximum atomic E-state index is 11.3. The molecule has 0 spiro atoms. The predicted octanol–water partition coefficient (Wildman–Crippen LogP) is 1.47. The van der Waals surface area contributed by atoms with E-state index in [1.807, 2.05) is 0 Å². The van der Waals surface area contributed by atoms with Crippen molar-refractivity contribution < 1.29 is 4.21 Å². The Kier molecular flexibility index (Phi) is 5.17. The summed E-state index contributed by atoms with van der Waals surface area (Å²) in [7, 11) is -0.564. The zero-order valence-electron chi connectivity index (χ0n) is 12.0. The summed E-state index contributed by atoms with van der Waals surface area (Å²) >= 11 is 0. The molecule has 3 nitrogen and oxygen atoms in total. The highest BCUT2D eigenvalue weighted by Gasteiger charge is 2.25. The molecule has 0 atom stereocenters. The molecule has 0 aromatic rings. The molecule has 102 valence electrons. The van der Waals surface area contributed by atoms with Crippen LogP contribution in [0.2, 0.25) is 0 Å². The molecule has 0 aliphatic carbocycles. The third-order valence-electron chi connectivity index (χ3n) is 3.02. The molecule has 0 aromatic carbocycles. The van der Waals surface area contributed by atoms with Crippen molar-refractivity contribution in [1.29, 1.82) is 0 Å². The van der Waals surface area contributed by atoms with Gasteiger partial charge in [0.25, 0.3) is 0 Å². The van der Waals surface area contributed by atoms with Crippen LogP contribution in [0.3, 0.4) is 0 Å². The summed E-state index contributed by atoms with van der Waals surface area (Å²) in [5, 5.41) is 3.57. The van der Waals surface area contributed by atoms with Crippen LogP contribution in [-0.4, -0.2) is 52.3 Å². The summed E-state index contributed by atoms with van der Waals surface area (Å²) in [6.45, 7) is 15.3. The Morgan fingerprint density at radius 3 is 2.12 bits per heavy atom. The van der Waals surface area contributed by atoms with Crippen LogP contribution < -0.4 is 5.32 Å². The summed E-state index contributed by atoms with van der Waals surface area (Å²) in [6.07, 6.45) is 0. The topological polar surface area (TPSA) is 32.3 Å². The Morgan fingerprint density at radius 2 is 1.65 bits per heavy atom. The average Bonchev–Trinajstić information content (AvgIpc) is 2.18. The molecule has 0 unspecified atom stereocenters. The molecule has 1 aliphatic heterocycles. The van der Waals surface area contributed by atoms with Crippen LogP contribution in [0.4, 0.5) is 0 Å². The predicted molar refractivity (Wildman–Crippen MR) is 75.9 cm³/mol. The van der Waals surface area contributed by atoms with Crippen LogP contribution in [0.15, 0.2) is 0 Å². The molecular weight excluding hydrogens is 232 g/mol. The second-order valence-corrected chi connectivity index (χ2v) is 8.59. The normalized spacial score (nSPS) is 20.8. The van der Waals surface area contributed by atoms with E-state index in [4.69, 9.17) is 0 Å². The van der Waals surface area contributed by atoms with Gasteiger partial charge in [-0.15, -0.1) is 0 Å². The van der Waals surface area contributed by atoms with Gasteiger partial charge in [0.05, 0.1) is 0 Å². The fourth-order valence-electron chi connectivity index (χ4n) is 2.00. The third kappa shape index (κ3) is 6.53. The van der Waals surface area contributed by atoms with E-state index in [1.54, 1.807) is 0 Å². The number of rotatable bonds is 4. The molecule has 0 radical (unpaired) electrons. The lowest BCUT2D eigenvalue weighted by Gasteiger charge is -2.36. The maximum absolute atomic E-state index is 11.3. The van der Waals surface area contributed by atoms with Crippen LogP contribution in [0.5, 0.6) is 0 Å². The van der Waals surface area contributed by atoms with Gasteiger partial charge in [0.2, 0.25) is 0 Å². The van der Waals surface area contributed by atoms with Gasteiger partial charge in [-0.25, -0.2) is 0 Å². The first-order valence-electron chi connectivity index (χ1n) is 6.50. The van der Waals surface area contributed by atoms with E-state index in [0.717, 1.165) is 37.7 Å². The van der Waals surface area contributed by atoms with E-state index in [-0.39, 0.29) is 11.0 Å². The lowest BCUT2D eigenvalue weighted by atomic mass is 9.91. The van der Waals surface area contributed by atoms with Gasteiger partial charge in [0, 0.05) is 54.0 Å². The molecule has 1 aliphatic rings. The van der Waals surface area contributed by atoms with Gasteiger partial charge < -0.3 is 10.2 Å². The van der Waals surface area contributed by atoms with Gasteiger partial charge in [-0.2, -0.15) is 0 Å². The van der Waals surface area contributed by atoms with Crippen molar-refractivity contribution in [3.05, 3.63) is 0 Å². The fraction of sp³-hybridized carbons (Fsp3) is 1.00. The molecule has 4 heteroatoms. The minimum atomic E-state index is -0.564. The van der Waals surface area contributed by atoms with E-state index < -0.39 is 10.8 Å². The van der Waals surface area contributed by atoms with E-state index >= 15 is 0 Å². The highest BCUT2D eigenvalue weighted by molar-refractivity contribution is 7.85. The summed E-state index contributed by atoms with van der Waals surface area (Å²) in [6, 6.07) is 0. The van der Waals surface area contributed by atoms with Crippen LogP contribution in [0.25, 0.3) is 0 Å². The van der Waals surface area contributed by atoms with E-state index in [1.165, 1.54) is 0 Å². The van der Waals surface area contributed by atoms with Crippen molar-refractivity contribution in [3.63, 3.8) is 0 Å². The van der Waals surface area contributed by atoms with Gasteiger partial charge in [-0.05, 0) is 26.2 Å². The molecule has 0 amide bonds. The van der Waals surface area contributed by atoms with Crippen molar-refractivity contribution in [1.82, 2.24) is 10.2 Å². The van der Waals surface area contributed by atoms with Gasteiger partial charge in [-0.3, -0.25) is 4.21 Å². The molecule has 0 aromatic heterocycles. The Labute approximate surface area is 109 Å². The van der Waals surface area contributed by atoms with Gasteiger partial charge in [0.15, 0.2) is 0 Å². The zero-order chi connectivity index (χ0) is 13.1. The molecule has 17 heavy (non-hydrogen) atoms. The summed E-state index contributed by atoms with van der Waals surface area (Å²) < 4.78 is 11.3. The highest BCUT2D eigenvalue weighted by atomic mass is 32.2. The Balaban J connectivity index is 2.35. The monoisotopic (exact) mass is 260 g/mol. The Hall–Kier alpha value is 0.0700. The van der Waals surface area contributed by atoms with Crippen LogP contribution in [0.1, 0.15) is 34.6 Å². The molecule has 1 heterocycles. The summed E-state index contributed by atoms with van der Waals surface area (Å²) in [5.74, 6) is 1.70. The lowest BCUT2D eigenvalue weighted by Crippen LogP contribution is -2.48. The number of hydrogen-bond acceptors (Lipinski definition) is 3. The molecular formula is C13H28N2OS. The van der Waals surface area contributed by atoms with Crippen LogP contribution >= 0.6 is 0 Å². The average molecular weight is 260 g/mol. The lowest BCUT2D eigenvalue weighted by molar-refractivity contribution is 0.176. The molecule has 1 rings (SSSR count). The van der Waals surface area contributed by atoms with E-state index in [2.05, 4.69) is 44.8 Å². The van der Waals surface area contributed by atoms with Crippen LogP contribution in [-0.2, 0) is 10.8 Å². The number of nitrogens with one attached hydrogen (secondary N) is 1. The summed E-state index contributed by atoms with van der Waals surface area (Å²) in [5.41, 5.74) is 0.451. The second kappa shape index (κ2) is 5.81. The second-order valence-electron chi connectivity index (χ2n) is 6.89. The number of hydrogen-bond donors (Lipinski definition) is 1. The standard InChI is InChI=1S/C13H28N2OS/c1-12(2,3)14-10-13(4,5)11-15-6-8-17(16)9-7-15/h14H,6-11H2,1-5H3. The van der Waals surface area contributed by atoms with Crippen molar-refractivity contribution in [3.8, 4) is 0 Å². The molecule has 0 bridgehead atoms. The van der Waals surface area contributed by atoms with Crippen molar-refractivity contribution in [2.75, 3.05) is 37.7 Å². The molecule has 1 fully saturated rings. The first kappa shape index (κ1) is 15.1. The van der Waals surface area contributed by atoms with Gasteiger partial charge >= 0.3 is 0 Å². The third-order valence-corrected chi connectivity index (χ3v) is 4.30. The van der Waals surface area contributed by atoms with Crippen molar-refractivity contribution in [2.45, 2.75) is 40.2 Å². The zero-order valence-corrected chi connectivity index (χ0v) is 12.8. The highest BCUT2D eigenvalue weighted by Crippen LogP contribution is 2.18. The smallest absolute Gasteiger partial charge is 0.0363 e. The van der Waals surface area contributed by atoms with Crippen molar-refractivity contribution >= 4 is 10.8 Å². The van der Waals surface area contributed by atoms with E-state index in [9.17, 15) is 4.21 Å². The van der Waals surface area contributed by atoms with Gasteiger partial charge in [-0.1, -0.05) is 13.8 Å². The molecule has 1 saturated heterocycles. The molecule has 1 N–H and O–H groups in total. The molecule has 0 saturated carbocycles. The number of nitrogens with zero attached hydrogens (tertiary/aromatic N) is 1. The van der Waals surface area contributed by atoms with Crippen molar-refractivity contribution in [2.24, 2.45) is 5.41 Å². The minimum absolute atomic E-state index is 0.181. The maximum Gasteiger partial charge on any atom is 0.0363 e. The first-order chi connectivity index (χ1) is 7.68.